The monoisotopic (exact) mass is 315 g/mol. The molecule has 0 bridgehead atoms. The average molecular weight is 315 g/mol. The molecule has 0 saturated heterocycles. The van der Waals surface area contributed by atoms with Crippen LogP contribution in [0.25, 0.3) is 0 Å². The van der Waals surface area contributed by atoms with Crippen LogP contribution in [0.1, 0.15) is 10.7 Å². The van der Waals surface area contributed by atoms with Crippen LogP contribution in [0.5, 0.6) is 0 Å². The molecule has 2 heterocycles. The molecule has 9 heteroatoms. The third-order valence-corrected chi connectivity index (χ3v) is 5.02. The molecule has 110 valence electrons. The first-order chi connectivity index (χ1) is 9.51. The summed E-state index contributed by atoms with van der Waals surface area (Å²) < 4.78 is 28.1. The van der Waals surface area contributed by atoms with Crippen molar-refractivity contribution in [1.29, 1.82) is 0 Å². The molecule has 2 rings (SSSR count). The fourth-order valence-corrected chi connectivity index (χ4v) is 3.39. The average Bonchev–Trinajstić information content (AvgIpc) is 2.99. The number of thiazole rings is 1. The Labute approximate surface area is 121 Å². The highest BCUT2D eigenvalue weighted by molar-refractivity contribution is 7.89. The minimum absolute atomic E-state index is 0.154. The lowest BCUT2D eigenvalue weighted by atomic mass is 10.4. The van der Waals surface area contributed by atoms with Gasteiger partial charge in [-0.15, -0.1) is 11.3 Å². The predicted molar refractivity (Wildman–Crippen MR) is 77.0 cm³/mol. The molecule has 7 nitrogen and oxygen atoms in total. The van der Waals surface area contributed by atoms with Crippen LogP contribution in [-0.4, -0.2) is 36.3 Å². The van der Waals surface area contributed by atoms with Crippen molar-refractivity contribution in [2.24, 2.45) is 5.73 Å². The molecule has 3 N–H and O–H groups in total. The molecule has 0 aliphatic carbocycles. The van der Waals surface area contributed by atoms with Gasteiger partial charge in [0.05, 0.1) is 17.7 Å². The van der Waals surface area contributed by atoms with Gasteiger partial charge in [-0.1, -0.05) is 0 Å². The molecule has 0 spiro atoms. The fourth-order valence-electron chi connectivity index (χ4n) is 1.63. The van der Waals surface area contributed by atoms with E-state index >= 15 is 0 Å². The van der Waals surface area contributed by atoms with E-state index in [-0.39, 0.29) is 4.90 Å². The standard InChI is InChI=1S/C11H17N5O2S2/c1-9-8-19-11(15-9)2-4-14-20(17,18)10-6-13-16(7-10)5-3-12/h6-8,14H,2-5,12H2,1H3. The Hall–Kier alpha value is -1.29. The van der Waals surface area contributed by atoms with Crippen LogP contribution in [0, 0.1) is 6.92 Å². The molecule has 0 saturated carbocycles. The van der Waals surface area contributed by atoms with Gasteiger partial charge >= 0.3 is 0 Å². The van der Waals surface area contributed by atoms with Crippen molar-refractivity contribution in [2.45, 2.75) is 24.8 Å². The van der Waals surface area contributed by atoms with Crippen LogP contribution in [0.15, 0.2) is 22.7 Å². The maximum Gasteiger partial charge on any atom is 0.243 e. The summed E-state index contributed by atoms with van der Waals surface area (Å²) in [6, 6.07) is 0. The number of hydrogen-bond acceptors (Lipinski definition) is 6. The molecule has 0 radical (unpaired) electrons. The molecule has 2 aromatic heterocycles. The van der Waals surface area contributed by atoms with E-state index in [1.54, 1.807) is 0 Å². The van der Waals surface area contributed by atoms with Gasteiger partial charge < -0.3 is 5.73 Å². The van der Waals surface area contributed by atoms with E-state index in [4.69, 9.17) is 5.73 Å². The van der Waals surface area contributed by atoms with Gasteiger partial charge in [-0.2, -0.15) is 5.10 Å². The van der Waals surface area contributed by atoms with Crippen LogP contribution in [0.2, 0.25) is 0 Å². The Morgan fingerprint density at radius 2 is 2.30 bits per heavy atom. The zero-order valence-electron chi connectivity index (χ0n) is 11.1. The lowest BCUT2D eigenvalue weighted by molar-refractivity contribution is 0.580. The van der Waals surface area contributed by atoms with Crippen LogP contribution in [0.3, 0.4) is 0 Å². The first kappa shape index (κ1) is 15.1. The summed E-state index contributed by atoms with van der Waals surface area (Å²) in [5, 5.41) is 6.81. The summed E-state index contributed by atoms with van der Waals surface area (Å²) in [4.78, 5) is 4.44. The molecular weight excluding hydrogens is 298 g/mol. The lowest BCUT2D eigenvalue weighted by Gasteiger charge is -2.03. The SMILES string of the molecule is Cc1csc(CCNS(=O)(=O)c2cnn(CCN)c2)n1. The number of nitrogens with zero attached hydrogens (tertiary/aromatic N) is 3. The zero-order valence-corrected chi connectivity index (χ0v) is 12.7. The quantitative estimate of drug-likeness (QED) is 0.756. The molecule has 0 amide bonds. The number of aryl methyl sites for hydroxylation is 1. The van der Waals surface area contributed by atoms with Gasteiger partial charge in [-0.05, 0) is 6.92 Å². The largest absolute Gasteiger partial charge is 0.329 e. The van der Waals surface area contributed by atoms with Crippen LogP contribution in [0.4, 0.5) is 0 Å². The molecule has 0 unspecified atom stereocenters. The van der Waals surface area contributed by atoms with Crippen molar-refractivity contribution in [1.82, 2.24) is 19.5 Å². The Morgan fingerprint density at radius 1 is 1.50 bits per heavy atom. The lowest BCUT2D eigenvalue weighted by Crippen LogP contribution is -2.25. The molecule has 0 atom stereocenters. The maximum atomic E-state index is 12.0. The number of nitrogens with one attached hydrogen (secondary N) is 1. The molecule has 0 aliphatic heterocycles. The van der Waals surface area contributed by atoms with Gasteiger partial charge in [0.1, 0.15) is 4.90 Å². The van der Waals surface area contributed by atoms with Crippen LogP contribution in [-0.2, 0) is 23.0 Å². The van der Waals surface area contributed by atoms with Crippen LogP contribution >= 0.6 is 11.3 Å². The molecule has 0 aromatic carbocycles. The van der Waals surface area contributed by atoms with E-state index in [0.29, 0.717) is 26.1 Å². The van der Waals surface area contributed by atoms with Gasteiger partial charge in [0.2, 0.25) is 10.0 Å². The highest BCUT2D eigenvalue weighted by Crippen LogP contribution is 2.10. The van der Waals surface area contributed by atoms with Crippen molar-refractivity contribution in [2.75, 3.05) is 13.1 Å². The Balaban J connectivity index is 1.92. The molecule has 20 heavy (non-hydrogen) atoms. The van der Waals surface area contributed by atoms with Crippen molar-refractivity contribution in [3.8, 4) is 0 Å². The number of aromatic nitrogens is 3. The highest BCUT2D eigenvalue weighted by Gasteiger charge is 2.16. The summed E-state index contributed by atoms with van der Waals surface area (Å²) in [7, 11) is -3.52. The Morgan fingerprint density at radius 3 is 2.95 bits per heavy atom. The van der Waals surface area contributed by atoms with Gasteiger partial charge in [0.25, 0.3) is 0 Å². The maximum absolute atomic E-state index is 12.0. The summed E-state index contributed by atoms with van der Waals surface area (Å²) in [5.41, 5.74) is 6.35. The normalized spacial score (nSPS) is 11.9. The second kappa shape index (κ2) is 6.44. The van der Waals surface area contributed by atoms with Crippen molar-refractivity contribution in [3.05, 3.63) is 28.5 Å². The number of sulfonamides is 1. The minimum atomic E-state index is -3.52. The second-order valence-corrected chi connectivity index (χ2v) is 6.97. The number of rotatable bonds is 7. The van der Waals surface area contributed by atoms with Gasteiger partial charge in [-0.3, -0.25) is 4.68 Å². The molecule has 2 aromatic rings. The van der Waals surface area contributed by atoms with E-state index in [9.17, 15) is 8.42 Å². The van der Waals surface area contributed by atoms with Gasteiger partial charge in [0, 0.05) is 36.8 Å². The van der Waals surface area contributed by atoms with Crippen molar-refractivity contribution >= 4 is 21.4 Å². The molecule has 0 aliphatic rings. The third kappa shape index (κ3) is 3.85. The Bertz CT molecular complexity index is 662. The van der Waals surface area contributed by atoms with Gasteiger partial charge in [0.15, 0.2) is 0 Å². The topological polar surface area (TPSA) is 103 Å². The first-order valence-corrected chi connectivity index (χ1v) is 8.51. The third-order valence-electron chi connectivity index (χ3n) is 2.58. The number of hydrogen-bond donors (Lipinski definition) is 2. The first-order valence-electron chi connectivity index (χ1n) is 6.14. The smallest absolute Gasteiger partial charge is 0.243 e. The minimum Gasteiger partial charge on any atom is -0.329 e. The summed E-state index contributed by atoms with van der Waals surface area (Å²) in [6.45, 7) is 3.14. The van der Waals surface area contributed by atoms with E-state index in [1.165, 1.54) is 28.4 Å². The molecule has 0 fully saturated rings. The van der Waals surface area contributed by atoms with E-state index < -0.39 is 10.0 Å². The molecular formula is C11H17N5O2S2. The van der Waals surface area contributed by atoms with E-state index in [1.807, 2.05) is 12.3 Å². The Kier molecular flexibility index (Phi) is 4.86. The van der Waals surface area contributed by atoms with E-state index in [2.05, 4.69) is 14.8 Å². The van der Waals surface area contributed by atoms with Crippen molar-refractivity contribution in [3.63, 3.8) is 0 Å². The summed E-state index contributed by atoms with van der Waals surface area (Å²) in [6.07, 6.45) is 3.38. The summed E-state index contributed by atoms with van der Waals surface area (Å²) in [5.74, 6) is 0. The number of nitrogens with two attached hydrogens (primary N) is 1. The second-order valence-electron chi connectivity index (χ2n) is 4.26. The predicted octanol–water partition coefficient (Wildman–Crippen LogP) is 0.128. The van der Waals surface area contributed by atoms with Gasteiger partial charge in [-0.25, -0.2) is 18.1 Å². The van der Waals surface area contributed by atoms with Crippen LogP contribution < -0.4 is 10.5 Å². The zero-order chi connectivity index (χ0) is 14.6. The highest BCUT2D eigenvalue weighted by atomic mass is 32.2. The van der Waals surface area contributed by atoms with E-state index in [0.717, 1.165) is 10.7 Å². The summed E-state index contributed by atoms with van der Waals surface area (Å²) >= 11 is 1.53. The fraction of sp³-hybridized carbons (Fsp3) is 0.455. The van der Waals surface area contributed by atoms with Crippen molar-refractivity contribution < 1.29 is 8.42 Å².